The molecule has 0 N–H and O–H groups in total. The van der Waals surface area contributed by atoms with Gasteiger partial charge in [0.1, 0.15) is 0 Å². The van der Waals surface area contributed by atoms with Crippen LogP contribution in [0.25, 0.3) is 54.2 Å². The van der Waals surface area contributed by atoms with Crippen molar-refractivity contribution in [3.8, 4) is 0 Å². The molecule has 0 heterocycles. The second kappa shape index (κ2) is 22.3. The van der Waals surface area contributed by atoms with Crippen molar-refractivity contribution in [2.24, 2.45) is 0 Å². The first-order chi connectivity index (χ1) is 37.7. The predicted octanol–water partition coefficient (Wildman–Crippen LogP) is 19.6. The third-order valence-electron chi connectivity index (χ3n) is 14.7. The van der Waals surface area contributed by atoms with Gasteiger partial charge in [0.2, 0.25) is 0 Å². The Bertz CT molecular complexity index is 3540. The molecule has 0 spiro atoms. The van der Waals surface area contributed by atoms with Crippen LogP contribution >= 0.6 is 0 Å². The number of nitrogens with zero attached hydrogens (tertiary/aromatic N) is 2. The van der Waals surface area contributed by atoms with Gasteiger partial charge in [0, 0.05) is 58.1 Å². The number of hydrogen-bond donors (Lipinski definition) is 0. The summed E-state index contributed by atoms with van der Waals surface area (Å²) < 4.78 is 0. The second-order valence-electron chi connectivity index (χ2n) is 19.6. The molecule has 0 atom stereocenters. The Kier molecular flexibility index (Phi) is 13.9. The molecule has 0 radical (unpaired) electrons. The van der Waals surface area contributed by atoms with Crippen molar-refractivity contribution < 1.29 is 0 Å². The number of benzene rings is 9. The Morgan fingerprint density at radius 3 is 0.934 bits per heavy atom. The normalized spacial score (nSPS) is 14.2. The van der Waals surface area contributed by atoms with E-state index >= 15 is 0 Å². The fourth-order valence-electron chi connectivity index (χ4n) is 10.8. The highest BCUT2D eigenvalue weighted by Gasteiger charge is 2.37. The van der Waals surface area contributed by atoms with Crippen molar-refractivity contribution in [3.05, 3.63) is 339 Å². The van der Waals surface area contributed by atoms with Crippen LogP contribution in [0.1, 0.15) is 74.9 Å². The summed E-state index contributed by atoms with van der Waals surface area (Å²) in [7, 11) is 0. The van der Waals surface area contributed by atoms with E-state index < -0.39 is 0 Å². The fraction of sp³-hybridized carbons (Fsp3) is 0.0541. The minimum Gasteiger partial charge on any atom is -0.313 e. The van der Waals surface area contributed by atoms with Crippen LogP contribution in [-0.4, -0.2) is 0 Å². The van der Waals surface area contributed by atoms with Crippen molar-refractivity contribution in [3.63, 3.8) is 0 Å². The molecule has 0 saturated heterocycles. The number of rotatable bonds is 14. The van der Waals surface area contributed by atoms with Gasteiger partial charge in [0.25, 0.3) is 0 Å². The van der Waals surface area contributed by atoms with Gasteiger partial charge >= 0.3 is 0 Å². The molecule has 0 fully saturated rings. The Morgan fingerprint density at radius 2 is 0.566 bits per heavy atom. The molecule has 2 nitrogen and oxygen atoms in total. The molecule has 0 saturated carbocycles. The van der Waals surface area contributed by atoms with Crippen LogP contribution in [0.15, 0.2) is 283 Å². The maximum absolute atomic E-state index is 2.55. The fourth-order valence-corrected chi connectivity index (χ4v) is 10.8. The monoisotopic (exact) mass is 974 g/mol. The minimum absolute atomic E-state index is 0.777. The highest BCUT2D eigenvalue weighted by Crippen LogP contribution is 2.53. The smallest absolute Gasteiger partial charge is 0.0459 e. The van der Waals surface area contributed by atoms with Gasteiger partial charge in [0.05, 0.1) is 0 Å². The first-order valence-electron chi connectivity index (χ1n) is 26.5. The SMILES string of the molecule is C1=CCC2=C(C1)CC(N(c1ccc(C=Cc3ccccc3)cc1)c1ccc(C=Cc3ccccc3)cc1)=C1C2=C(N(c2ccc(C=Cc3ccccc3)cc2)c2ccc(C=Cc3ccccc3)cc2)Cc2ccccc21. The standard InChI is InChI=1S/C74H58N2/c1-5-17-55(18-6-1)29-33-59-37-45-65(46-38-59)75(66-47-39-60(40-48-66)34-30-56-19-7-2-8-20-56)71-53-63-25-13-16-28-70(63)74-72(54-64-26-14-15-27-69(64)73(71)74)76(67-49-41-61(42-50-67)35-31-57-21-9-3-10-22-57)68-51-43-62(44-52-68)36-32-58-23-11-4-12-24-58/h1-25,28-52H,26-27,53-54H2. The van der Waals surface area contributed by atoms with Crippen molar-refractivity contribution in [1.29, 1.82) is 0 Å². The summed E-state index contributed by atoms with van der Waals surface area (Å²) in [4.78, 5) is 5.11. The highest BCUT2D eigenvalue weighted by atomic mass is 15.2. The maximum Gasteiger partial charge on any atom is 0.0459 e. The van der Waals surface area contributed by atoms with E-state index in [0.29, 0.717) is 0 Å². The lowest BCUT2D eigenvalue weighted by Crippen LogP contribution is -2.29. The maximum atomic E-state index is 2.55. The molecule has 3 aliphatic carbocycles. The number of hydrogen-bond acceptors (Lipinski definition) is 2. The van der Waals surface area contributed by atoms with Gasteiger partial charge in [-0.15, -0.1) is 0 Å². The summed E-state index contributed by atoms with van der Waals surface area (Å²) in [5.41, 5.74) is 24.6. The molecule has 0 unspecified atom stereocenters. The lowest BCUT2D eigenvalue weighted by molar-refractivity contribution is 0.891. The molecule has 3 aliphatic rings. The van der Waals surface area contributed by atoms with Gasteiger partial charge in [-0.2, -0.15) is 0 Å². The van der Waals surface area contributed by atoms with Gasteiger partial charge in [-0.05, 0) is 123 Å². The molecule has 0 amide bonds. The van der Waals surface area contributed by atoms with Crippen molar-refractivity contribution in [1.82, 2.24) is 0 Å². The number of fused-ring (bicyclic) bond motifs is 4. The molecule has 364 valence electrons. The van der Waals surface area contributed by atoms with E-state index in [2.05, 4.69) is 313 Å². The molecule has 9 aromatic rings. The number of anilines is 4. The van der Waals surface area contributed by atoms with E-state index in [0.717, 1.165) is 70.7 Å². The summed E-state index contributed by atoms with van der Waals surface area (Å²) >= 11 is 0. The molecule has 0 aliphatic heterocycles. The first kappa shape index (κ1) is 47.5. The largest absolute Gasteiger partial charge is 0.313 e. The zero-order valence-corrected chi connectivity index (χ0v) is 42.6. The third kappa shape index (κ3) is 10.6. The van der Waals surface area contributed by atoms with Crippen LogP contribution in [0.5, 0.6) is 0 Å². The molecular weight excluding hydrogens is 917 g/mol. The Morgan fingerprint density at radius 1 is 0.263 bits per heavy atom. The highest BCUT2D eigenvalue weighted by molar-refractivity contribution is 5.97. The Hall–Kier alpha value is -9.50. The summed E-state index contributed by atoms with van der Waals surface area (Å²) in [6.45, 7) is 0. The van der Waals surface area contributed by atoms with E-state index in [1.54, 1.807) is 0 Å². The lowest BCUT2D eigenvalue weighted by atomic mass is 9.72. The van der Waals surface area contributed by atoms with Crippen LogP contribution in [0, 0.1) is 0 Å². The second-order valence-corrected chi connectivity index (χ2v) is 19.6. The van der Waals surface area contributed by atoms with Crippen LogP contribution < -0.4 is 9.80 Å². The zero-order chi connectivity index (χ0) is 50.9. The lowest BCUT2D eigenvalue weighted by Gasteiger charge is -2.42. The topological polar surface area (TPSA) is 6.48 Å². The van der Waals surface area contributed by atoms with Gasteiger partial charge in [-0.3, -0.25) is 0 Å². The first-order valence-corrected chi connectivity index (χ1v) is 26.5. The average molecular weight is 975 g/mol. The molecule has 76 heavy (non-hydrogen) atoms. The van der Waals surface area contributed by atoms with Crippen LogP contribution in [0.4, 0.5) is 22.7 Å². The van der Waals surface area contributed by atoms with Gasteiger partial charge < -0.3 is 9.80 Å². The van der Waals surface area contributed by atoms with Crippen LogP contribution in [-0.2, 0) is 6.42 Å². The van der Waals surface area contributed by atoms with Crippen molar-refractivity contribution in [2.75, 3.05) is 9.80 Å². The van der Waals surface area contributed by atoms with E-state index in [4.69, 9.17) is 0 Å². The van der Waals surface area contributed by atoms with E-state index in [1.807, 2.05) is 0 Å². The third-order valence-corrected chi connectivity index (χ3v) is 14.7. The summed E-state index contributed by atoms with van der Waals surface area (Å²) in [6.07, 6.45) is 25.8. The molecule has 2 heteroatoms. The molecule has 0 bridgehead atoms. The van der Waals surface area contributed by atoms with Crippen LogP contribution in [0.3, 0.4) is 0 Å². The van der Waals surface area contributed by atoms with E-state index in [-0.39, 0.29) is 0 Å². The summed E-state index contributed by atoms with van der Waals surface area (Å²) in [5.74, 6) is 0. The number of allylic oxidation sites excluding steroid dienone is 7. The molecule has 9 aromatic carbocycles. The average Bonchev–Trinajstić information content (AvgIpc) is 3.60. The van der Waals surface area contributed by atoms with Crippen LogP contribution in [0.2, 0.25) is 0 Å². The Balaban J connectivity index is 1.03. The Labute approximate surface area is 448 Å². The minimum atomic E-state index is 0.777. The van der Waals surface area contributed by atoms with Crippen molar-refractivity contribution in [2.45, 2.75) is 25.7 Å². The van der Waals surface area contributed by atoms with Gasteiger partial charge in [-0.1, -0.05) is 260 Å². The molecule has 0 aromatic heterocycles. The quantitative estimate of drug-likeness (QED) is 0.0791. The molecular formula is C74H58N2. The van der Waals surface area contributed by atoms with E-state index in [1.165, 1.54) is 67.1 Å². The van der Waals surface area contributed by atoms with E-state index in [9.17, 15) is 0 Å². The summed E-state index contributed by atoms with van der Waals surface area (Å²) in [6, 6.07) is 87.8. The van der Waals surface area contributed by atoms with Crippen molar-refractivity contribution >= 4 is 76.9 Å². The predicted molar refractivity (Wildman–Crippen MR) is 326 cm³/mol. The zero-order valence-electron chi connectivity index (χ0n) is 42.6. The van der Waals surface area contributed by atoms with Gasteiger partial charge in [0.15, 0.2) is 0 Å². The summed E-state index contributed by atoms with van der Waals surface area (Å²) in [5, 5.41) is 0. The van der Waals surface area contributed by atoms with Gasteiger partial charge in [-0.25, -0.2) is 0 Å². The molecule has 12 rings (SSSR count).